The molecule has 0 saturated heterocycles. The first-order chi connectivity index (χ1) is 6.86. The van der Waals surface area contributed by atoms with Gasteiger partial charge in [-0.25, -0.2) is 14.6 Å². The molecule has 4 N–H and O–H groups in total. The molecule has 0 spiro atoms. The van der Waals surface area contributed by atoms with Crippen LogP contribution in [0, 0.1) is 6.92 Å². The number of carboxylic acids is 2. The molecule has 80 valence electrons. The van der Waals surface area contributed by atoms with Crippen LogP contribution in [0.2, 0.25) is 5.15 Å². The number of pyridine rings is 1. The molecule has 0 fully saturated rings. The molecule has 0 unspecified atom stereocenters. The fourth-order valence-corrected chi connectivity index (χ4v) is 1.40. The molecular weight excluding hydrogens is 224 g/mol. The highest BCUT2D eigenvalue weighted by molar-refractivity contribution is 6.33. The van der Waals surface area contributed by atoms with Crippen LogP contribution in [0.3, 0.4) is 0 Å². The minimum atomic E-state index is -1.48. The Morgan fingerprint density at radius 3 is 2.13 bits per heavy atom. The predicted molar refractivity (Wildman–Crippen MR) is 52.3 cm³/mol. The molecule has 7 heteroatoms. The maximum atomic E-state index is 10.8. The number of halogens is 1. The van der Waals surface area contributed by atoms with Crippen LogP contribution in [0.1, 0.15) is 26.4 Å². The zero-order valence-corrected chi connectivity index (χ0v) is 8.37. The van der Waals surface area contributed by atoms with Crippen molar-refractivity contribution in [2.45, 2.75) is 6.92 Å². The number of hydrogen-bond acceptors (Lipinski definition) is 4. The average molecular weight is 231 g/mol. The van der Waals surface area contributed by atoms with Crippen LogP contribution in [-0.4, -0.2) is 27.1 Å². The van der Waals surface area contributed by atoms with Crippen molar-refractivity contribution in [3.05, 3.63) is 22.0 Å². The molecule has 0 aliphatic rings. The third kappa shape index (κ3) is 1.84. The summed E-state index contributed by atoms with van der Waals surface area (Å²) in [5.41, 5.74) is 4.30. The van der Waals surface area contributed by atoms with Crippen molar-refractivity contribution >= 4 is 29.2 Å². The summed E-state index contributed by atoms with van der Waals surface area (Å²) in [5.74, 6) is -2.92. The van der Waals surface area contributed by atoms with Gasteiger partial charge in [0.05, 0.1) is 11.4 Å². The second-order valence-electron chi connectivity index (χ2n) is 2.76. The fraction of sp³-hybridized carbons (Fsp3) is 0.125. The molecule has 1 aromatic rings. The number of carboxylic acid groups (broad SMARTS) is 2. The number of aromatic carboxylic acids is 2. The number of aromatic nitrogens is 1. The molecule has 6 nitrogen and oxygen atoms in total. The van der Waals surface area contributed by atoms with Gasteiger partial charge in [-0.15, -0.1) is 0 Å². The largest absolute Gasteiger partial charge is 0.478 e. The van der Waals surface area contributed by atoms with Gasteiger partial charge in [-0.3, -0.25) is 0 Å². The van der Waals surface area contributed by atoms with Crippen molar-refractivity contribution in [3.63, 3.8) is 0 Å². The molecule has 1 heterocycles. The molecule has 0 radical (unpaired) electrons. The van der Waals surface area contributed by atoms with Crippen LogP contribution in [0.4, 0.5) is 5.69 Å². The van der Waals surface area contributed by atoms with Crippen molar-refractivity contribution in [2.75, 3.05) is 5.73 Å². The summed E-state index contributed by atoms with van der Waals surface area (Å²) < 4.78 is 0. The van der Waals surface area contributed by atoms with E-state index in [2.05, 4.69) is 4.98 Å². The Morgan fingerprint density at radius 1 is 1.27 bits per heavy atom. The van der Waals surface area contributed by atoms with Crippen LogP contribution in [0.5, 0.6) is 0 Å². The summed E-state index contributed by atoms with van der Waals surface area (Å²) in [6.07, 6.45) is 0. The summed E-state index contributed by atoms with van der Waals surface area (Å²) in [6.45, 7) is 1.44. The maximum Gasteiger partial charge on any atom is 0.339 e. The van der Waals surface area contributed by atoms with E-state index in [0.29, 0.717) is 0 Å². The summed E-state index contributed by atoms with van der Waals surface area (Å²) in [4.78, 5) is 25.2. The van der Waals surface area contributed by atoms with Gasteiger partial charge in [-0.05, 0) is 6.92 Å². The Balaban J connectivity index is 3.69. The molecule has 0 aromatic carbocycles. The predicted octanol–water partition coefficient (Wildman–Crippen LogP) is 1.02. The monoisotopic (exact) mass is 230 g/mol. The Labute approximate surface area is 89.3 Å². The number of carbonyl (C=O) groups is 2. The number of aryl methyl sites for hydroxylation is 1. The lowest BCUT2D eigenvalue weighted by Crippen LogP contribution is -2.14. The van der Waals surface area contributed by atoms with Gasteiger partial charge in [0.1, 0.15) is 16.3 Å². The van der Waals surface area contributed by atoms with Crippen LogP contribution >= 0.6 is 11.6 Å². The average Bonchev–Trinajstić information content (AvgIpc) is 2.09. The first-order valence-electron chi connectivity index (χ1n) is 3.78. The van der Waals surface area contributed by atoms with Crippen molar-refractivity contribution in [1.29, 1.82) is 0 Å². The molecule has 0 bridgehead atoms. The molecule has 15 heavy (non-hydrogen) atoms. The highest BCUT2D eigenvalue weighted by atomic mass is 35.5. The lowest BCUT2D eigenvalue weighted by atomic mass is 10.1. The van der Waals surface area contributed by atoms with E-state index in [4.69, 9.17) is 27.5 Å². The van der Waals surface area contributed by atoms with E-state index < -0.39 is 23.1 Å². The molecule has 0 amide bonds. The van der Waals surface area contributed by atoms with Gasteiger partial charge < -0.3 is 15.9 Å². The second kappa shape index (κ2) is 3.74. The summed E-state index contributed by atoms with van der Waals surface area (Å²) in [6, 6.07) is 0. The first-order valence-corrected chi connectivity index (χ1v) is 4.16. The third-order valence-corrected chi connectivity index (χ3v) is 2.08. The number of rotatable bonds is 2. The third-order valence-electron chi connectivity index (χ3n) is 1.81. The molecule has 1 aromatic heterocycles. The number of hydrogen-bond donors (Lipinski definition) is 3. The topological polar surface area (TPSA) is 114 Å². The van der Waals surface area contributed by atoms with E-state index in [9.17, 15) is 9.59 Å². The number of nitrogens with zero attached hydrogens (tertiary/aromatic N) is 1. The van der Waals surface area contributed by atoms with E-state index in [1.54, 1.807) is 0 Å². The summed E-state index contributed by atoms with van der Waals surface area (Å²) in [7, 11) is 0. The lowest BCUT2D eigenvalue weighted by Gasteiger charge is -2.08. The van der Waals surface area contributed by atoms with Crippen LogP contribution < -0.4 is 5.73 Å². The molecule has 0 saturated carbocycles. The Morgan fingerprint density at radius 2 is 1.73 bits per heavy atom. The van der Waals surface area contributed by atoms with Crippen molar-refractivity contribution in [2.24, 2.45) is 0 Å². The highest BCUT2D eigenvalue weighted by Crippen LogP contribution is 2.25. The Bertz CT molecular complexity index is 458. The second-order valence-corrected chi connectivity index (χ2v) is 3.12. The van der Waals surface area contributed by atoms with Gasteiger partial charge in [-0.1, -0.05) is 11.6 Å². The van der Waals surface area contributed by atoms with Crippen LogP contribution in [-0.2, 0) is 0 Å². The lowest BCUT2D eigenvalue weighted by molar-refractivity contribution is 0.0652. The van der Waals surface area contributed by atoms with Gasteiger partial charge >= 0.3 is 11.9 Å². The number of nitrogens with two attached hydrogens (primary N) is 1. The van der Waals surface area contributed by atoms with Gasteiger partial charge in [0.2, 0.25) is 0 Å². The van der Waals surface area contributed by atoms with Gasteiger partial charge in [0, 0.05) is 0 Å². The molecule has 0 aliphatic carbocycles. The molecular formula is C8H7ClN2O4. The standard InChI is InChI=1S/C8H7ClN2O4/c1-2-5(10)3(7(12)13)4(8(14)15)6(9)11-2/h10H2,1H3,(H,12,13)(H,14,15). The van der Waals surface area contributed by atoms with Gasteiger partial charge in [-0.2, -0.15) is 0 Å². The Hall–Kier alpha value is -1.82. The van der Waals surface area contributed by atoms with Crippen LogP contribution in [0.25, 0.3) is 0 Å². The molecule has 0 atom stereocenters. The Kier molecular flexibility index (Phi) is 2.81. The van der Waals surface area contributed by atoms with E-state index in [0.717, 1.165) is 0 Å². The summed E-state index contributed by atoms with van der Waals surface area (Å²) in [5, 5.41) is 17.2. The zero-order chi connectivity index (χ0) is 11.7. The minimum absolute atomic E-state index is 0.183. The molecule has 0 aliphatic heterocycles. The number of anilines is 1. The van der Waals surface area contributed by atoms with Crippen molar-refractivity contribution in [3.8, 4) is 0 Å². The van der Waals surface area contributed by atoms with E-state index in [1.807, 2.05) is 0 Å². The quantitative estimate of drug-likeness (QED) is 0.654. The molecule has 1 rings (SSSR count). The minimum Gasteiger partial charge on any atom is -0.478 e. The van der Waals surface area contributed by atoms with E-state index >= 15 is 0 Å². The van der Waals surface area contributed by atoms with Gasteiger partial charge in [0.15, 0.2) is 0 Å². The maximum absolute atomic E-state index is 10.8. The number of nitrogen functional groups attached to an aromatic ring is 1. The van der Waals surface area contributed by atoms with E-state index in [1.165, 1.54) is 6.92 Å². The highest BCUT2D eigenvalue weighted by Gasteiger charge is 2.25. The fourth-order valence-electron chi connectivity index (χ4n) is 1.10. The van der Waals surface area contributed by atoms with Crippen molar-refractivity contribution in [1.82, 2.24) is 4.98 Å². The van der Waals surface area contributed by atoms with E-state index in [-0.39, 0.29) is 16.5 Å². The van der Waals surface area contributed by atoms with Crippen LogP contribution in [0.15, 0.2) is 0 Å². The SMILES string of the molecule is Cc1nc(Cl)c(C(=O)O)c(C(=O)O)c1N. The smallest absolute Gasteiger partial charge is 0.339 e. The van der Waals surface area contributed by atoms with Gasteiger partial charge in [0.25, 0.3) is 0 Å². The zero-order valence-electron chi connectivity index (χ0n) is 7.61. The normalized spacial score (nSPS) is 10.0. The van der Waals surface area contributed by atoms with Crippen molar-refractivity contribution < 1.29 is 19.8 Å². The first kappa shape index (κ1) is 11.3. The summed E-state index contributed by atoms with van der Waals surface area (Å²) >= 11 is 5.53.